The van der Waals surface area contributed by atoms with Crippen LogP contribution in [0.2, 0.25) is 0 Å². The van der Waals surface area contributed by atoms with Gasteiger partial charge >= 0.3 is 11.9 Å². The number of rotatable bonds is 3. The Morgan fingerprint density at radius 3 is 2.65 bits per heavy atom. The molecular formula is C17H20N4O4S. The van der Waals surface area contributed by atoms with Crippen molar-refractivity contribution in [2.75, 3.05) is 24.5 Å². The number of anilines is 1. The number of hydrogen-bond acceptors (Lipinski definition) is 7. The molecule has 4 rings (SSSR count). The first-order valence-electron chi connectivity index (χ1n) is 8.59. The summed E-state index contributed by atoms with van der Waals surface area (Å²) in [5.41, 5.74) is 0.739. The summed E-state index contributed by atoms with van der Waals surface area (Å²) < 4.78 is 0. The Labute approximate surface area is 153 Å². The minimum Gasteiger partial charge on any atom is -0.480 e. The molecule has 138 valence electrons. The summed E-state index contributed by atoms with van der Waals surface area (Å²) in [6.07, 6.45) is 3.94. The fourth-order valence-corrected chi connectivity index (χ4v) is 5.14. The topological polar surface area (TPSA) is 116 Å². The lowest BCUT2D eigenvalue weighted by atomic mass is 9.76. The first kappa shape index (κ1) is 17.2. The van der Waals surface area contributed by atoms with E-state index in [1.165, 1.54) is 17.7 Å². The van der Waals surface area contributed by atoms with Crippen molar-refractivity contribution >= 4 is 39.3 Å². The van der Waals surface area contributed by atoms with Gasteiger partial charge in [-0.3, -0.25) is 4.79 Å². The lowest BCUT2D eigenvalue weighted by Gasteiger charge is -2.39. The zero-order chi connectivity index (χ0) is 18.5. The molecule has 2 aromatic heterocycles. The van der Waals surface area contributed by atoms with Crippen LogP contribution >= 0.6 is 11.3 Å². The van der Waals surface area contributed by atoms with E-state index in [0.717, 1.165) is 43.7 Å². The lowest BCUT2D eigenvalue weighted by Crippen LogP contribution is -2.41. The minimum absolute atomic E-state index is 0.0294. The molecule has 1 atom stereocenters. The van der Waals surface area contributed by atoms with Crippen LogP contribution in [0.3, 0.4) is 0 Å². The quantitative estimate of drug-likeness (QED) is 0.742. The zero-order valence-electron chi connectivity index (χ0n) is 14.4. The van der Waals surface area contributed by atoms with Crippen molar-refractivity contribution in [1.82, 2.24) is 15.3 Å². The van der Waals surface area contributed by atoms with Gasteiger partial charge in [0.1, 0.15) is 27.9 Å². The predicted octanol–water partition coefficient (Wildman–Crippen LogP) is 1.73. The maximum atomic E-state index is 11.4. The van der Waals surface area contributed by atoms with E-state index in [-0.39, 0.29) is 5.41 Å². The fourth-order valence-electron chi connectivity index (χ4n) is 4.16. The third kappa shape index (κ3) is 2.71. The van der Waals surface area contributed by atoms with Gasteiger partial charge in [0.15, 0.2) is 0 Å². The maximum Gasteiger partial charge on any atom is 0.346 e. The van der Waals surface area contributed by atoms with Gasteiger partial charge in [-0.1, -0.05) is 0 Å². The smallest absolute Gasteiger partial charge is 0.346 e. The number of carbonyl (C=O) groups is 2. The van der Waals surface area contributed by atoms with Gasteiger partial charge in [-0.15, -0.1) is 11.3 Å². The summed E-state index contributed by atoms with van der Waals surface area (Å²) >= 11 is 1.18. The van der Waals surface area contributed by atoms with Crippen LogP contribution in [0.1, 0.15) is 34.5 Å². The molecule has 0 amide bonds. The van der Waals surface area contributed by atoms with Gasteiger partial charge in [-0.2, -0.15) is 0 Å². The van der Waals surface area contributed by atoms with Crippen LogP contribution < -0.4 is 10.2 Å². The zero-order valence-corrected chi connectivity index (χ0v) is 15.2. The highest BCUT2D eigenvalue weighted by atomic mass is 32.1. The highest BCUT2D eigenvalue weighted by Crippen LogP contribution is 2.42. The molecule has 1 spiro atoms. The average molecular weight is 376 g/mol. The molecule has 26 heavy (non-hydrogen) atoms. The third-order valence-electron chi connectivity index (χ3n) is 5.68. The number of thiophene rings is 1. The fraction of sp³-hybridized carbons (Fsp3) is 0.529. The van der Waals surface area contributed by atoms with Gasteiger partial charge < -0.3 is 20.4 Å². The molecule has 8 nitrogen and oxygen atoms in total. The van der Waals surface area contributed by atoms with Crippen molar-refractivity contribution in [3.8, 4) is 0 Å². The molecule has 2 fully saturated rings. The molecule has 0 aromatic carbocycles. The maximum absolute atomic E-state index is 11.4. The molecule has 0 aliphatic carbocycles. The van der Waals surface area contributed by atoms with Crippen LogP contribution in [0, 0.1) is 12.3 Å². The number of hydrogen-bond donors (Lipinski definition) is 3. The number of nitrogens with one attached hydrogen (secondary N) is 1. The highest BCUT2D eigenvalue weighted by Gasteiger charge is 2.44. The van der Waals surface area contributed by atoms with E-state index in [4.69, 9.17) is 0 Å². The van der Waals surface area contributed by atoms with Crippen LogP contribution in [-0.2, 0) is 4.79 Å². The largest absolute Gasteiger partial charge is 0.480 e. The first-order chi connectivity index (χ1) is 12.4. The van der Waals surface area contributed by atoms with Crippen LogP contribution in [0.25, 0.3) is 10.2 Å². The van der Waals surface area contributed by atoms with Crippen molar-refractivity contribution in [1.29, 1.82) is 0 Å². The van der Waals surface area contributed by atoms with E-state index >= 15 is 0 Å². The first-order valence-corrected chi connectivity index (χ1v) is 9.40. The predicted molar refractivity (Wildman–Crippen MR) is 97.0 cm³/mol. The molecule has 0 saturated carbocycles. The minimum atomic E-state index is -0.939. The second-order valence-corrected chi connectivity index (χ2v) is 8.20. The normalized spacial score (nSPS) is 22.2. The van der Waals surface area contributed by atoms with E-state index in [2.05, 4.69) is 20.2 Å². The average Bonchev–Trinajstić information content (AvgIpc) is 3.18. The summed E-state index contributed by atoms with van der Waals surface area (Å²) in [5.74, 6) is -0.936. The van der Waals surface area contributed by atoms with Crippen molar-refractivity contribution in [2.45, 2.75) is 32.2 Å². The second-order valence-electron chi connectivity index (χ2n) is 7.20. The molecule has 1 unspecified atom stereocenters. The van der Waals surface area contributed by atoms with E-state index in [9.17, 15) is 19.8 Å². The summed E-state index contributed by atoms with van der Waals surface area (Å²) in [4.78, 5) is 34.5. The summed E-state index contributed by atoms with van der Waals surface area (Å²) in [7, 11) is 0. The van der Waals surface area contributed by atoms with Crippen molar-refractivity contribution in [2.24, 2.45) is 5.41 Å². The number of carboxylic acid groups (broad SMARTS) is 2. The third-order valence-corrected chi connectivity index (χ3v) is 6.87. The standard InChI is InChI=1S/C17H20N4O4S/c1-9-11-13(19-8-20-14(11)26-12(9)16(24)25)21-4-2-17(3-5-21)6-10(15(22)23)18-7-17/h8,10,18H,2-7H2,1H3,(H,22,23)(H,24,25). The number of carboxylic acids is 2. The van der Waals surface area contributed by atoms with Gasteiger partial charge in [-0.25, -0.2) is 14.8 Å². The Kier molecular flexibility index (Phi) is 4.07. The summed E-state index contributed by atoms with van der Waals surface area (Å²) in [5, 5.41) is 22.5. The van der Waals surface area contributed by atoms with Gasteiger partial charge in [0, 0.05) is 19.6 Å². The van der Waals surface area contributed by atoms with Crippen LogP contribution in [0.4, 0.5) is 5.82 Å². The van der Waals surface area contributed by atoms with E-state index in [0.29, 0.717) is 21.7 Å². The molecule has 9 heteroatoms. The lowest BCUT2D eigenvalue weighted by molar-refractivity contribution is -0.139. The van der Waals surface area contributed by atoms with Crippen LogP contribution in [0.5, 0.6) is 0 Å². The molecule has 0 bridgehead atoms. The van der Waals surface area contributed by atoms with Crippen LogP contribution in [0.15, 0.2) is 6.33 Å². The van der Waals surface area contributed by atoms with Gasteiger partial charge in [0.2, 0.25) is 0 Å². The highest BCUT2D eigenvalue weighted by molar-refractivity contribution is 7.20. The van der Waals surface area contributed by atoms with E-state index < -0.39 is 18.0 Å². The number of aliphatic carboxylic acids is 1. The Balaban J connectivity index is 1.59. The van der Waals surface area contributed by atoms with Crippen LogP contribution in [-0.4, -0.2) is 57.8 Å². The molecular weight excluding hydrogens is 356 g/mol. The molecule has 4 heterocycles. The Morgan fingerprint density at radius 1 is 1.31 bits per heavy atom. The summed E-state index contributed by atoms with van der Waals surface area (Å²) in [6, 6.07) is -0.454. The number of fused-ring (bicyclic) bond motifs is 1. The van der Waals surface area contributed by atoms with Crippen molar-refractivity contribution in [3.63, 3.8) is 0 Å². The molecule has 0 radical (unpaired) electrons. The number of aryl methyl sites for hydroxylation is 1. The SMILES string of the molecule is Cc1c(C(=O)O)sc2ncnc(N3CCC4(CC3)CNC(C(=O)O)C4)c12. The molecule has 2 aliphatic rings. The second kappa shape index (κ2) is 6.17. The van der Waals surface area contributed by atoms with Gasteiger partial charge in [0.25, 0.3) is 0 Å². The Hall–Kier alpha value is -2.26. The molecule has 3 N–H and O–H groups in total. The Bertz CT molecular complexity index is 888. The number of nitrogens with zero attached hydrogens (tertiary/aromatic N) is 3. The van der Waals surface area contributed by atoms with Gasteiger partial charge in [-0.05, 0) is 37.2 Å². The number of aromatic carboxylic acids is 1. The molecule has 2 aliphatic heterocycles. The van der Waals surface area contributed by atoms with Crippen molar-refractivity contribution in [3.05, 3.63) is 16.8 Å². The Morgan fingerprint density at radius 2 is 2.04 bits per heavy atom. The van der Waals surface area contributed by atoms with Gasteiger partial charge in [0.05, 0.1) is 5.39 Å². The monoisotopic (exact) mass is 376 g/mol. The summed E-state index contributed by atoms with van der Waals surface area (Å²) in [6.45, 7) is 4.09. The van der Waals surface area contributed by atoms with E-state index in [1.54, 1.807) is 6.92 Å². The number of aromatic nitrogens is 2. The molecule has 2 aromatic rings. The van der Waals surface area contributed by atoms with Crippen molar-refractivity contribution < 1.29 is 19.8 Å². The molecule has 2 saturated heterocycles. The number of piperidine rings is 1. The van der Waals surface area contributed by atoms with E-state index in [1.807, 2.05) is 0 Å².